The lowest BCUT2D eigenvalue weighted by molar-refractivity contribution is -0.137. The molecule has 1 aromatic carbocycles. The topological polar surface area (TPSA) is 72.0 Å². The van der Waals surface area contributed by atoms with E-state index in [-0.39, 0.29) is 16.9 Å². The summed E-state index contributed by atoms with van der Waals surface area (Å²) < 4.78 is 62.9. The minimum atomic E-state index is -4.57. The van der Waals surface area contributed by atoms with Gasteiger partial charge in [0.25, 0.3) is 0 Å². The largest absolute Gasteiger partial charge is 0.416 e. The molecule has 0 amide bonds. The summed E-state index contributed by atoms with van der Waals surface area (Å²) in [6.45, 7) is 0. The van der Waals surface area contributed by atoms with Crippen molar-refractivity contribution in [3.05, 3.63) is 42.1 Å². The van der Waals surface area contributed by atoms with E-state index in [2.05, 4.69) is 14.9 Å². The first-order valence-electron chi connectivity index (χ1n) is 5.64. The molecule has 1 heterocycles. The van der Waals surface area contributed by atoms with E-state index in [0.29, 0.717) is 0 Å². The fourth-order valence-electron chi connectivity index (χ4n) is 1.67. The van der Waals surface area contributed by atoms with Crippen LogP contribution in [0.25, 0.3) is 11.3 Å². The Kier molecular flexibility index (Phi) is 3.86. The van der Waals surface area contributed by atoms with Gasteiger partial charge < -0.3 is 0 Å². The van der Waals surface area contributed by atoms with Gasteiger partial charge in [0.2, 0.25) is 10.0 Å². The van der Waals surface area contributed by atoms with Gasteiger partial charge in [-0.05, 0) is 24.3 Å². The third kappa shape index (κ3) is 3.91. The number of hydrogen-bond acceptors (Lipinski definition) is 4. The van der Waals surface area contributed by atoms with Crippen LogP contribution in [0.15, 0.2) is 36.5 Å². The van der Waals surface area contributed by atoms with E-state index >= 15 is 0 Å². The van der Waals surface area contributed by atoms with Crippen LogP contribution in [0.3, 0.4) is 0 Å². The quantitative estimate of drug-likeness (QED) is 0.944. The molecular formula is C12H10F3N3O2S. The normalized spacial score (nSPS) is 12.2. The van der Waals surface area contributed by atoms with E-state index in [9.17, 15) is 21.6 Å². The molecule has 5 nitrogen and oxygen atoms in total. The molecule has 1 N–H and O–H groups in total. The maximum absolute atomic E-state index is 12.7. The van der Waals surface area contributed by atoms with Gasteiger partial charge in [0, 0.05) is 11.8 Å². The molecule has 0 aliphatic rings. The van der Waals surface area contributed by atoms with Crippen molar-refractivity contribution in [2.45, 2.75) is 6.18 Å². The number of halogens is 3. The fraction of sp³-hybridized carbons (Fsp3) is 0.167. The van der Waals surface area contributed by atoms with Gasteiger partial charge in [-0.1, -0.05) is 6.07 Å². The monoisotopic (exact) mass is 317 g/mol. The average Bonchev–Trinajstić information content (AvgIpc) is 2.36. The van der Waals surface area contributed by atoms with Gasteiger partial charge in [-0.3, -0.25) is 4.72 Å². The lowest BCUT2D eigenvalue weighted by Gasteiger charge is -2.13. The minimum Gasteiger partial charge on any atom is -0.283 e. The first kappa shape index (κ1) is 15.2. The van der Waals surface area contributed by atoms with Crippen molar-refractivity contribution in [2.75, 3.05) is 11.0 Å². The van der Waals surface area contributed by atoms with Crippen molar-refractivity contribution >= 4 is 15.7 Å². The maximum atomic E-state index is 12.7. The van der Waals surface area contributed by atoms with Gasteiger partial charge >= 0.3 is 6.18 Å². The number of aromatic nitrogens is 2. The van der Waals surface area contributed by atoms with E-state index in [1.54, 1.807) is 6.07 Å². The molecule has 1 aromatic heterocycles. The molecule has 0 saturated carbocycles. The molecule has 2 rings (SSSR count). The van der Waals surface area contributed by atoms with Gasteiger partial charge in [-0.25, -0.2) is 8.42 Å². The summed E-state index contributed by atoms with van der Waals surface area (Å²) in [7, 11) is -3.74. The lowest BCUT2D eigenvalue weighted by atomic mass is 10.1. The summed E-state index contributed by atoms with van der Waals surface area (Å²) >= 11 is 0. The highest BCUT2D eigenvalue weighted by atomic mass is 32.2. The van der Waals surface area contributed by atoms with Crippen LogP contribution in [-0.4, -0.2) is 24.9 Å². The Morgan fingerprint density at radius 2 is 1.90 bits per heavy atom. The Labute approximate surface area is 118 Å². The summed E-state index contributed by atoms with van der Waals surface area (Å²) in [5.74, 6) is 0. The highest BCUT2D eigenvalue weighted by molar-refractivity contribution is 7.92. The van der Waals surface area contributed by atoms with Crippen LogP contribution >= 0.6 is 0 Å². The fourth-order valence-corrected chi connectivity index (χ4v) is 2.24. The first-order chi connectivity index (χ1) is 9.67. The second-order valence-electron chi connectivity index (χ2n) is 4.24. The van der Waals surface area contributed by atoms with Gasteiger partial charge in [0.1, 0.15) is 0 Å². The molecule has 0 aliphatic heterocycles. The molecule has 21 heavy (non-hydrogen) atoms. The van der Waals surface area contributed by atoms with Gasteiger partial charge in [-0.15, -0.1) is 0 Å². The maximum Gasteiger partial charge on any atom is 0.416 e. The highest BCUT2D eigenvalue weighted by Crippen LogP contribution is 2.35. The van der Waals surface area contributed by atoms with Crippen LogP contribution in [0.1, 0.15) is 5.56 Å². The molecule has 112 valence electrons. The number of hydrogen-bond donors (Lipinski definition) is 1. The predicted octanol–water partition coefficient (Wildman–Crippen LogP) is 2.53. The Morgan fingerprint density at radius 3 is 2.43 bits per heavy atom. The molecule has 0 unspecified atom stereocenters. The molecule has 0 aliphatic carbocycles. The van der Waals surface area contributed by atoms with Crippen LogP contribution < -0.4 is 4.72 Å². The van der Waals surface area contributed by atoms with Crippen LogP contribution in [0.2, 0.25) is 0 Å². The number of nitrogens with one attached hydrogen (secondary N) is 1. The van der Waals surface area contributed by atoms with Crippen LogP contribution in [0, 0.1) is 0 Å². The van der Waals surface area contributed by atoms with Crippen molar-refractivity contribution in [3.8, 4) is 11.3 Å². The molecule has 9 heteroatoms. The lowest BCUT2D eigenvalue weighted by Crippen LogP contribution is -2.13. The predicted molar refractivity (Wildman–Crippen MR) is 70.9 cm³/mol. The van der Waals surface area contributed by atoms with Crippen molar-refractivity contribution in [2.24, 2.45) is 0 Å². The molecule has 2 aromatic rings. The zero-order valence-electron chi connectivity index (χ0n) is 10.7. The summed E-state index contributed by atoms with van der Waals surface area (Å²) in [5, 5.41) is 7.39. The van der Waals surface area contributed by atoms with Crippen molar-refractivity contribution < 1.29 is 21.6 Å². The van der Waals surface area contributed by atoms with E-state index in [1.165, 1.54) is 12.3 Å². The summed E-state index contributed by atoms with van der Waals surface area (Å²) in [6, 6.07) is 5.80. The van der Waals surface area contributed by atoms with E-state index < -0.39 is 21.8 Å². The number of anilines is 1. The van der Waals surface area contributed by atoms with E-state index in [4.69, 9.17) is 0 Å². The number of rotatable bonds is 3. The zero-order chi connectivity index (χ0) is 15.7. The van der Waals surface area contributed by atoms with Gasteiger partial charge in [-0.2, -0.15) is 23.4 Å². The Morgan fingerprint density at radius 1 is 1.19 bits per heavy atom. The van der Waals surface area contributed by atoms with Crippen LogP contribution in [0.5, 0.6) is 0 Å². The van der Waals surface area contributed by atoms with Crippen molar-refractivity contribution in [1.29, 1.82) is 0 Å². The molecular weight excluding hydrogens is 307 g/mol. The Hall–Kier alpha value is -2.16. The number of sulfonamides is 1. The number of benzene rings is 1. The van der Waals surface area contributed by atoms with Crippen LogP contribution in [-0.2, 0) is 16.2 Å². The van der Waals surface area contributed by atoms with E-state index in [0.717, 1.165) is 24.5 Å². The third-order valence-corrected chi connectivity index (χ3v) is 3.08. The molecule has 0 spiro atoms. The molecule has 0 radical (unpaired) electrons. The molecule has 0 fully saturated rings. The Balaban J connectivity index is 2.60. The van der Waals surface area contributed by atoms with Gasteiger partial charge in [0.05, 0.1) is 23.2 Å². The Bertz CT molecular complexity index is 746. The molecule has 0 saturated heterocycles. The standard InChI is InChI=1S/C12H10F3N3O2S/c1-21(19,20)18-11-7-8(12(13,14)15)4-5-9(11)10-3-2-6-16-17-10/h2-7,18H,1H3. The molecule has 0 atom stereocenters. The van der Waals surface area contributed by atoms with Crippen molar-refractivity contribution in [3.63, 3.8) is 0 Å². The van der Waals surface area contributed by atoms with Crippen LogP contribution in [0.4, 0.5) is 18.9 Å². The SMILES string of the molecule is CS(=O)(=O)Nc1cc(C(F)(F)F)ccc1-c1cccnn1. The van der Waals surface area contributed by atoms with E-state index in [1.807, 2.05) is 0 Å². The zero-order valence-corrected chi connectivity index (χ0v) is 11.5. The second-order valence-corrected chi connectivity index (χ2v) is 5.99. The highest BCUT2D eigenvalue weighted by Gasteiger charge is 2.31. The summed E-state index contributed by atoms with van der Waals surface area (Å²) in [6.07, 6.45) is -2.32. The minimum absolute atomic E-state index is 0.201. The van der Waals surface area contributed by atoms with Gasteiger partial charge in [0.15, 0.2) is 0 Å². The summed E-state index contributed by atoms with van der Waals surface area (Å²) in [4.78, 5) is 0. The number of nitrogens with zero attached hydrogens (tertiary/aromatic N) is 2. The number of alkyl halides is 3. The van der Waals surface area contributed by atoms with Crippen molar-refractivity contribution in [1.82, 2.24) is 10.2 Å². The first-order valence-corrected chi connectivity index (χ1v) is 7.53. The molecule has 0 bridgehead atoms. The summed E-state index contributed by atoms with van der Waals surface area (Å²) in [5.41, 5.74) is -0.687. The third-order valence-electron chi connectivity index (χ3n) is 2.49. The average molecular weight is 317 g/mol. The smallest absolute Gasteiger partial charge is 0.283 e. The second kappa shape index (κ2) is 5.32.